The Hall–Kier alpha value is -2.55. The second-order valence-electron chi connectivity index (χ2n) is 4.95. The molecule has 0 amide bonds. The van der Waals surface area contributed by atoms with Gasteiger partial charge in [0.25, 0.3) is 0 Å². The van der Waals surface area contributed by atoms with Gasteiger partial charge in [0.1, 0.15) is 5.75 Å². The number of rotatable bonds is 4. The molecule has 0 aliphatic heterocycles. The monoisotopic (exact) mass is 282 g/mol. The van der Waals surface area contributed by atoms with Crippen molar-refractivity contribution in [2.24, 2.45) is 0 Å². The van der Waals surface area contributed by atoms with E-state index in [1.54, 1.807) is 14.0 Å². The van der Waals surface area contributed by atoms with Gasteiger partial charge < -0.3 is 9.84 Å². The van der Waals surface area contributed by atoms with E-state index >= 15 is 0 Å². The number of carboxylic acids is 1. The van der Waals surface area contributed by atoms with Gasteiger partial charge in [-0.15, -0.1) is 0 Å². The fraction of sp³-hybridized carbons (Fsp3) is 0.167. The zero-order chi connectivity index (χ0) is 15.4. The molecular formula is C18H18O3. The standard InChI is InChI=1S/C18H18O3/c1-12-5-4-6-15(9-12)16-11-14(7-8-17(16)21-3)13(2)10-18(19)20/h4-11H,1-3H3,(H,19,20)/b13-10+. The lowest BCUT2D eigenvalue weighted by Crippen LogP contribution is -1.93. The molecule has 0 saturated heterocycles. The highest BCUT2D eigenvalue weighted by molar-refractivity contribution is 5.90. The molecule has 0 aliphatic carbocycles. The third kappa shape index (κ3) is 3.51. The van der Waals surface area contributed by atoms with Crippen molar-refractivity contribution in [3.05, 3.63) is 59.7 Å². The lowest BCUT2D eigenvalue weighted by Gasteiger charge is -2.12. The number of aryl methyl sites for hydroxylation is 1. The summed E-state index contributed by atoms with van der Waals surface area (Å²) in [6.45, 7) is 3.82. The number of ether oxygens (including phenoxy) is 1. The largest absolute Gasteiger partial charge is 0.496 e. The summed E-state index contributed by atoms with van der Waals surface area (Å²) >= 11 is 0. The molecule has 2 rings (SSSR count). The molecule has 1 N–H and O–H groups in total. The summed E-state index contributed by atoms with van der Waals surface area (Å²) in [6.07, 6.45) is 1.21. The molecule has 0 atom stereocenters. The van der Waals surface area contributed by atoms with Crippen LogP contribution in [0.15, 0.2) is 48.5 Å². The number of allylic oxidation sites excluding steroid dienone is 1. The van der Waals surface area contributed by atoms with Gasteiger partial charge in [-0.05, 0) is 42.7 Å². The van der Waals surface area contributed by atoms with Crippen molar-refractivity contribution in [3.63, 3.8) is 0 Å². The van der Waals surface area contributed by atoms with Crippen LogP contribution in [0.2, 0.25) is 0 Å². The van der Waals surface area contributed by atoms with E-state index in [0.717, 1.165) is 28.0 Å². The Morgan fingerprint density at radius 3 is 2.57 bits per heavy atom. The first-order chi connectivity index (χ1) is 10.0. The van der Waals surface area contributed by atoms with Crippen LogP contribution in [-0.4, -0.2) is 18.2 Å². The van der Waals surface area contributed by atoms with Crippen molar-refractivity contribution in [1.29, 1.82) is 0 Å². The minimum absolute atomic E-state index is 0.707. The van der Waals surface area contributed by atoms with Crippen molar-refractivity contribution in [2.75, 3.05) is 7.11 Å². The van der Waals surface area contributed by atoms with Gasteiger partial charge in [-0.3, -0.25) is 0 Å². The van der Waals surface area contributed by atoms with E-state index in [0.29, 0.717) is 5.57 Å². The number of benzene rings is 2. The quantitative estimate of drug-likeness (QED) is 0.856. The SMILES string of the molecule is COc1ccc(/C(C)=C/C(=O)O)cc1-c1cccc(C)c1. The highest BCUT2D eigenvalue weighted by atomic mass is 16.5. The predicted octanol–water partition coefficient (Wildman–Crippen LogP) is 4.16. The van der Waals surface area contributed by atoms with Crippen molar-refractivity contribution in [2.45, 2.75) is 13.8 Å². The molecule has 0 fully saturated rings. The van der Waals surface area contributed by atoms with Crippen LogP contribution in [0.25, 0.3) is 16.7 Å². The maximum atomic E-state index is 10.8. The van der Waals surface area contributed by atoms with Crippen LogP contribution < -0.4 is 4.74 Å². The Morgan fingerprint density at radius 1 is 1.19 bits per heavy atom. The van der Waals surface area contributed by atoms with Gasteiger partial charge in [-0.25, -0.2) is 4.79 Å². The molecule has 0 saturated carbocycles. The molecule has 0 heterocycles. The van der Waals surface area contributed by atoms with Crippen LogP contribution in [0.5, 0.6) is 5.75 Å². The van der Waals surface area contributed by atoms with Gasteiger partial charge in [0.2, 0.25) is 0 Å². The average Bonchev–Trinajstić information content (AvgIpc) is 2.45. The fourth-order valence-electron chi connectivity index (χ4n) is 2.26. The van der Waals surface area contributed by atoms with Crippen molar-refractivity contribution in [3.8, 4) is 16.9 Å². The van der Waals surface area contributed by atoms with E-state index in [1.165, 1.54) is 6.08 Å². The Kier molecular flexibility index (Phi) is 4.43. The van der Waals surface area contributed by atoms with E-state index in [2.05, 4.69) is 6.07 Å². The summed E-state index contributed by atoms with van der Waals surface area (Å²) in [6, 6.07) is 13.8. The molecule has 0 unspecified atom stereocenters. The van der Waals surface area contributed by atoms with Crippen molar-refractivity contribution >= 4 is 11.5 Å². The van der Waals surface area contributed by atoms with Crippen LogP contribution in [0.1, 0.15) is 18.1 Å². The second-order valence-corrected chi connectivity index (χ2v) is 4.95. The van der Waals surface area contributed by atoms with E-state index in [1.807, 2.05) is 43.3 Å². The van der Waals surface area contributed by atoms with Crippen LogP contribution in [0.4, 0.5) is 0 Å². The zero-order valence-electron chi connectivity index (χ0n) is 12.4. The first-order valence-corrected chi connectivity index (χ1v) is 6.68. The van der Waals surface area contributed by atoms with Gasteiger partial charge in [0.05, 0.1) is 7.11 Å². The van der Waals surface area contributed by atoms with Crippen molar-refractivity contribution in [1.82, 2.24) is 0 Å². The van der Waals surface area contributed by atoms with Gasteiger partial charge >= 0.3 is 5.97 Å². The predicted molar refractivity (Wildman–Crippen MR) is 84.5 cm³/mol. The van der Waals surface area contributed by atoms with Crippen molar-refractivity contribution < 1.29 is 14.6 Å². The molecule has 3 nitrogen and oxygen atoms in total. The lowest BCUT2D eigenvalue weighted by molar-refractivity contribution is -0.131. The van der Waals surface area contributed by atoms with E-state index < -0.39 is 5.97 Å². The molecule has 0 aromatic heterocycles. The van der Waals surface area contributed by atoms with E-state index in [-0.39, 0.29) is 0 Å². The number of carboxylic acid groups (broad SMARTS) is 1. The third-order valence-electron chi connectivity index (χ3n) is 3.32. The highest BCUT2D eigenvalue weighted by Gasteiger charge is 2.09. The summed E-state index contributed by atoms with van der Waals surface area (Å²) in [4.78, 5) is 10.8. The number of hydrogen-bond acceptors (Lipinski definition) is 2. The summed E-state index contributed by atoms with van der Waals surface area (Å²) in [5.41, 5.74) is 4.75. The summed E-state index contributed by atoms with van der Waals surface area (Å²) < 4.78 is 5.42. The Labute approximate surface area is 124 Å². The Morgan fingerprint density at radius 2 is 1.95 bits per heavy atom. The summed E-state index contributed by atoms with van der Waals surface area (Å²) in [5.74, 6) is -0.173. The molecule has 21 heavy (non-hydrogen) atoms. The van der Waals surface area contributed by atoms with Crippen LogP contribution in [0.3, 0.4) is 0 Å². The second kappa shape index (κ2) is 6.27. The molecule has 3 heteroatoms. The number of hydrogen-bond donors (Lipinski definition) is 1. The Balaban J connectivity index is 2.56. The molecular weight excluding hydrogens is 264 g/mol. The number of aliphatic carboxylic acids is 1. The maximum absolute atomic E-state index is 10.8. The molecule has 0 spiro atoms. The minimum Gasteiger partial charge on any atom is -0.496 e. The van der Waals surface area contributed by atoms with Crippen LogP contribution in [0, 0.1) is 6.92 Å². The lowest BCUT2D eigenvalue weighted by atomic mass is 9.97. The van der Waals surface area contributed by atoms with Crippen LogP contribution >= 0.6 is 0 Å². The van der Waals surface area contributed by atoms with Gasteiger partial charge in [0, 0.05) is 11.6 Å². The van der Waals surface area contributed by atoms with Crippen LogP contribution in [-0.2, 0) is 4.79 Å². The molecule has 108 valence electrons. The van der Waals surface area contributed by atoms with E-state index in [9.17, 15) is 4.79 Å². The zero-order valence-corrected chi connectivity index (χ0v) is 12.4. The molecule has 0 bridgehead atoms. The summed E-state index contributed by atoms with van der Waals surface area (Å²) in [7, 11) is 1.63. The van der Waals surface area contributed by atoms with Gasteiger partial charge in [-0.1, -0.05) is 35.9 Å². The number of carbonyl (C=O) groups is 1. The highest BCUT2D eigenvalue weighted by Crippen LogP contribution is 2.33. The number of methoxy groups -OCH3 is 1. The first-order valence-electron chi connectivity index (χ1n) is 6.68. The molecule has 2 aromatic carbocycles. The third-order valence-corrected chi connectivity index (χ3v) is 3.32. The topological polar surface area (TPSA) is 46.5 Å². The van der Waals surface area contributed by atoms with E-state index in [4.69, 9.17) is 9.84 Å². The molecule has 0 aliphatic rings. The smallest absolute Gasteiger partial charge is 0.328 e. The summed E-state index contributed by atoms with van der Waals surface area (Å²) in [5, 5.41) is 8.87. The fourth-order valence-corrected chi connectivity index (χ4v) is 2.26. The van der Waals surface area contributed by atoms with Gasteiger partial charge in [0.15, 0.2) is 0 Å². The molecule has 0 radical (unpaired) electrons. The minimum atomic E-state index is -0.944. The average molecular weight is 282 g/mol. The Bertz CT molecular complexity index is 699. The molecule has 2 aromatic rings. The maximum Gasteiger partial charge on any atom is 0.328 e. The first kappa shape index (κ1) is 14.9. The van der Waals surface area contributed by atoms with Gasteiger partial charge in [-0.2, -0.15) is 0 Å². The normalized spacial score (nSPS) is 11.3.